The second kappa shape index (κ2) is 3.05. The normalized spacial score (nSPS) is 11.1. The van der Waals surface area contributed by atoms with E-state index in [0.717, 1.165) is 0 Å². The molecule has 0 unspecified atom stereocenters. The zero-order chi connectivity index (χ0) is 8.32. The van der Waals surface area contributed by atoms with Crippen LogP contribution in [0.15, 0.2) is 30.3 Å². The van der Waals surface area contributed by atoms with Crippen molar-refractivity contribution in [2.75, 3.05) is 5.09 Å². The molecule has 0 fully saturated rings. The van der Waals surface area contributed by atoms with Gasteiger partial charge in [0.15, 0.2) is 0 Å². The first-order chi connectivity index (χ1) is 5.08. The van der Waals surface area contributed by atoms with E-state index >= 15 is 0 Å². The Bertz CT molecular complexity index is 268. The van der Waals surface area contributed by atoms with Gasteiger partial charge in [-0.15, -0.1) is 0 Å². The van der Waals surface area contributed by atoms with Gasteiger partial charge in [-0.3, -0.25) is 0 Å². The van der Waals surface area contributed by atoms with E-state index in [0.29, 0.717) is 5.69 Å². The Kier molecular flexibility index (Phi) is 2.29. The first-order valence-corrected chi connectivity index (χ1v) is 4.47. The van der Waals surface area contributed by atoms with Gasteiger partial charge in [-0.05, 0) is 12.1 Å². The summed E-state index contributed by atoms with van der Waals surface area (Å²) in [5, 5.41) is 1.83. The lowest BCUT2D eigenvalue weighted by molar-refractivity contribution is -0.311. The molecule has 1 aromatic rings. The van der Waals surface area contributed by atoms with Gasteiger partial charge in [0.2, 0.25) is 0 Å². The highest BCUT2D eigenvalue weighted by Gasteiger charge is 1.89. The third kappa shape index (κ3) is 3.18. The third-order valence-electron chi connectivity index (χ3n) is 1.04. The highest BCUT2D eigenvalue weighted by molar-refractivity contribution is 7.50. The van der Waals surface area contributed by atoms with Crippen LogP contribution in [0.4, 0.5) is 5.69 Å². The fourth-order valence-corrected chi connectivity index (χ4v) is 1.14. The summed E-state index contributed by atoms with van der Waals surface area (Å²) in [6, 6.07) is 8.01. The molecule has 0 spiro atoms. The van der Waals surface area contributed by atoms with Crippen LogP contribution in [-0.2, 0) is 4.57 Å². The van der Waals surface area contributed by atoms with Crippen LogP contribution in [0.25, 0.3) is 0 Å². The molecule has 0 aliphatic heterocycles. The van der Waals surface area contributed by atoms with Crippen LogP contribution in [0.3, 0.4) is 0 Å². The first kappa shape index (κ1) is 8.27. The second-order valence-corrected chi connectivity index (χ2v) is 3.19. The molecule has 1 rings (SSSR count). The van der Waals surface area contributed by atoms with Crippen molar-refractivity contribution in [2.24, 2.45) is 0 Å². The molecule has 0 bridgehead atoms. The number of nitrogens with one attached hydrogen (secondary N) is 1. The molecule has 0 aliphatic rings. The molecule has 0 heterocycles. The molecule has 0 saturated carbocycles. The smallest absolute Gasteiger partial charge is 0.0377 e. The fourth-order valence-electron chi connectivity index (χ4n) is 0.671. The molecular formula is C6H6NO3P-2. The maximum absolute atomic E-state index is 10.2. The lowest BCUT2D eigenvalue weighted by Gasteiger charge is -2.30. The highest BCUT2D eigenvalue weighted by Crippen LogP contribution is 2.25. The van der Waals surface area contributed by atoms with Gasteiger partial charge >= 0.3 is 0 Å². The van der Waals surface area contributed by atoms with Crippen LogP contribution in [0.1, 0.15) is 0 Å². The van der Waals surface area contributed by atoms with Crippen molar-refractivity contribution >= 4 is 13.4 Å². The molecule has 0 aliphatic carbocycles. The van der Waals surface area contributed by atoms with Crippen molar-refractivity contribution in [3.63, 3.8) is 0 Å². The minimum Gasteiger partial charge on any atom is -0.795 e. The van der Waals surface area contributed by atoms with E-state index in [2.05, 4.69) is 0 Å². The Morgan fingerprint density at radius 2 is 1.73 bits per heavy atom. The van der Waals surface area contributed by atoms with Gasteiger partial charge in [0.25, 0.3) is 0 Å². The van der Waals surface area contributed by atoms with Crippen molar-refractivity contribution in [1.29, 1.82) is 0 Å². The van der Waals surface area contributed by atoms with Crippen LogP contribution in [0.2, 0.25) is 0 Å². The Labute approximate surface area is 64.1 Å². The van der Waals surface area contributed by atoms with Crippen molar-refractivity contribution in [3.8, 4) is 0 Å². The molecule has 0 atom stereocenters. The summed E-state index contributed by atoms with van der Waals surface area (Å²) in [7, 11) is -4.64. The van der Waals surface area contributed by atoms with Crippen molar-refractivity contribution in [2.45, 2.75) is 0 Å². The van der Waals surface area contributed by atoms with Gasteiger partial charge in [0.1, 0.15) is 0 Å². The minimum atomic E-state index is -4.64. The monoisotopic (exact) mass is 171 g/mol. The quantitative estimate of drug-likeness (QED) is 0.632. The maximum atomic E-state index is 10.2. The van der Waals surface area contributed by atoms with Gasteiger partial charge in [-0.1, -0.05) is 18.2 Å². The van der Waals surface area contributed by atoms with Gasteiger partial charge in [0.05, 0.1) is 0 Å². The van der Waals surface area contributed by atoms with Gasteiger partial charge in [-0.2, -0.15) is 0 Å². The summed E-state index contributed by atoms with van der Waals surface area (Å²) >= 11 is 0. The first-order valence-electron chi connectivity index (χ1n) is 2.93. The largest absolute Gasteiger partial charge is 0.795 e. The molecule has 1 N–H and O–H groups in total. The molecule has 4 nitrogen and oxygen atoms in total. The average molecular weight is 171 g/mol. The number of para-hydroxylation sites is 1. The fraction of sp³-hybridized carbons (Fsp3) is 0. The van der Waals surface area contributed by atoms with E-state index in [9.17, 15) is 14.4 Å². The zero-order valence-corrected chi connectivity index (χ0v) is 6.45. The van der Waals surface area contributed by atoms with E-state index in [-0.39, 0.29) is 0 Å². The number of hydrogen-bond donors (Lipinski definition) is 1. The lowest BCUT2D eigenvalue weighted by Crippen LogP contribution is -2.20. The van der Waals surface area contributed by atoms with Crippen LogP contribution in [-0.4, -0.2) is 0 Å². The van der Waals surface area contributed by atoms with Gasteiger partial charge in [-0.25, -0.2) is 0 Å². The summed E-state index contributed by atoms with van der Waals surface area (Å²) < 4.78 is 10.2. The highest BCUT2D eigenvalue weighted by atomic mass is 31.2. The molecule has 60 valence electrons. The molecule has 1 aromatic carbocycles. The molecular weight excluding hydrogens is 165 g/mol. The van der Waals surface area contributed by atoms with E-state index in [1.807, 2.05) is 5.09 Å². The van der Waals surface area contributed by atoms with Gasteiger partial charge < -0.3 is 19.4 Å². The molecule has 0 radical (unpaired) electrons. The van der Waals surface area contributed by atoms with Crippen LogP contribution in [0, 0.1) is 0 Å². The van der Waals surface area contributed by atoms with Crippen LogP contribution >= 0.6 is 7.75 Å². The standard InChI is InChI=1S/C6H8NO3P/c8-11(9,10)7-6-4-2-1-3-5-6/h1-5H,(H3,7,8,9,10)/p-2. The molecule has 0 aromatic heterocycles. The number of benzene rings is 1. The molecule has 5 heteroatoms. The van der Waals surface area contributed by atoms with E-state index in [4.69, 9.17) is 0 Å². The predicted molar refractivity (Wildman–Crippen MR) is 37.7 cm³/mol. The zero-order valence-electron chi connectivity index (χ0n) is 5.56. The van der Waals surface area contributed by atoms with E-state index in [1.165, 1.54) is 12.1 Å². The maximum Gasteiger partial charge on any atom is 0.0377 e. The van der Waals surface area contributed by atoms with Gasteiger partial charge in [0, 0.05) is 13.4 Å². The molecule has 0 saturated heterocycles. The number of hydrogen-bond acceptors (Lipinski definition) is 3. The lowest BCUT2D eigenvalue weighted by atomic mass is 10.3. The van der Waals surface area contributed by atoms with Crippen LogP contribution in [0.5, 0.6) is 0 Å². The summed E-state index contributed by atoms with van der Waals surface area (Å²) in [5.74, 6) is 0. The number of rotatable bonds is 2. The molecule has 11 heavy (non-hydrogen) atoms. The summed E-state index contributed by atoms with van der Waals surface area (Å²) in [5.41, 5.74) is 0.292. The summed E-state index contributed by atoms with van der Waals surface area (Å²) in [6.45, 7) is 0. The van der Waals surface area contributed by atoms with Crippen molar-refractivity contribution < 1.29 is 14.4 Å². The average Bonchev–Trinajstić information content (AvgIpc) is 1.85. The second-order valence-electron chi connectivity index (χ2n) is 1.98. The topological polar surface area (TPSA) is 75.2 Å². The Hall–Kier alpha value is -0.830. The Morgan fingerprint density at radius 1 is 1.18 bits per heavy atom. The van der Waals surface area contributed by atoms with Crippen molar-refractivity contribution in [3.05, 3.63) is 30.3 Å². The Morgan fingerprint density at radius 3 is 2.18 bits per heavy atom. The molecule has 0 amide bonds. The van der Waals surface area contributed by atoms with Crippen LogP contribution < -0.4 is 14.9 Å². The number of anilines is 1. The summed E-state index contributed by atoms with van der Waals surface area (Å²) in [6.07, 6.45) is 0. The van der Waals surface area contributed by atoms with E-state index < -0.39 is 7.75 Å². The summed E-state index contributed by atoms with van der Waals surface area (Å²) in [4.78, 5) is 20.3. The van der Waals surface area contributed by atoms with E-state index in [1.54, 1.807) is 18.2 Å². The Balaban J connectivity index is 2.74. The minimum absolute atomic E-state index is 0.292. The van der Waals surface area contributed by atoms with Crippen molar-refractivity contribution in [1.82, 2.24) is 0 Å². The predicted octanol–water partition coefficient (Wildman–Crippen LogP) is -0.0728. The SMILES string of the molecule is O=P([O-])([O-])Nc1ccccc1. The third-order valence-corrected chi connectivity index (χ3v) is 1.57.